The number of anilines is 1. The standard InChI is InChI=1S/C27H40O.C26H38O2.C26H38OS.C24H25FO3S.C18H19NO2/c1-20(2)11-8-12-22(5)13-9-14-23(6)15-10-16-25-19-24(7)17-18-26(25)27(28)21(3)4;2*1-19(2)10-8-11-21(5)12-9-13-22(6)16-17-28-25-18-23(7)14-15-24(25)26(27)20(3)4;1-15-20(12-16-6-9-18(10-7-16)29(5,27)28)19-11-8-17(25)13-22(19)21(15)14-23(26)24(2,3)4;1-12(2)16(20)11-14-9-6-10-15(17(14)19)18(21)13-7-4-3-5-8-13/h11,13,15,17-19,21H,8-10,12,14,16H2,1-7H3;2*10,12,14-16,18,20H,8-9,11,13,17H2,1-7H3;6-13H,14H2,1-5H3;3-10,12H,11,19H2,1-2H3/b22-13+,23-15+;2*21-12+,22-16+;20-12-;. The van der Waals surface area contributed by atoms with Gasteiger partial charge >= 0.3 is 0 Å². The van der Waals surface area contributed by atoms with Crippen molar-refractivity contribution in [2.24, 2.45) is 29.1 Å². The molecule has 7 aromatic rings. The van der Waals surface area contributed by atoms with Crippen LogP contribution < -0.4 is 10.5 Å². The Balaban J connectivity index is 0.000000351. The van der Waals surface area contributed by atoms with Gasteiger partial charge in [0.15, 0.2) is 33.0 Å². The van der Waals surface area contributed by atoms with Gasteiger partial charge in [-0.3, -0.25) is 28.8 Å². The van der Waals surface area contributed by atoms with Crippen LogP contribution in [-0.2, 0) is 32.3 Å². The molecule has 1 aliphatic rings. The Kier molecular flexibility index (Phi) is 50.8. The molecule has 0 atom stereocenters. The van der Waals surface area contributed by atoms with Gasteiger partial charge in [-0.05, 0) is 317 Å². The molecule has 0 aromatic heterocycles. The Morgan fingerprint density at radius 2 is 0.888 bits per heavy atom. The molecule has 722 valence electrons. The number of Topliss-reactive ketones (excluding diaryl/α,β-unsaturated/α-hetero) is 5. The van der Waals surface area contributed by atoms with E-state index in [4.69, 9.17) is 10.5 Å². The molecule has 0 amide bonds. The van der Waals surface area contributed by atoms with Crippen LogP contribution in [-0.4, -0.2) is 61.7 Å². The van der Waals surface area contributed by atoms with Gasteiger partial charge in [-0.1, -0.05) is 278 Å². The number of rotatable bonds is 42. The number of nitrogens with two attached hydrogens (primary N) is 1. The molecule has 0 unspecified atom stereocenters. The average molecular weight is 1860 g/mol. The van der Waals surface area contributed by atoms with Crippen molar-refractivity contribution in [2.45, 2.75) is 299 Å². The first-order valence-corrected chi connectivity index (χ1v) is 51.0. The molecule has 0 radical (unpaired) electrons. The van der Waals surface area contributed by atoms with E-state index in [9.17, 15) is 41.6 Å². The van der Waals surface area contributed by atoms with E-state index in [-0.39, 0.29) is 81.9 Å². The third-order valence-corrected chi connectivity index (χ3v) is 25.4. The number of para-hydroxylation sites is 1. The maximum Gasteiger partial charge on any atom is 0.195 e. The molecule has 8 rings (SSSR count). The van der Waals surface area contributed by atoms with E-state index in [1.807, 2.05) is 157 Å². The lowest BCUT2D eigenvalue weighted by Crippen LogP contribution is -2.20. The summed E-state index contributed by atoms with van der Waals surface area (Å²) >= 11 is 1.77. The highest BCUT2D eigenvalue weighted by molar-refractivity contribution is 7.99. The summed E-state index contributed by atoms with van der Waals surface area (Å²) in [5, 5.41) is 0. The van der Waals surface area contributed by atoms with Crippen LogP contribution in [0.15, 0.2) is 266 Å². The smallest absolute Gasteiger partial charge is 0.195 e. The van der Waals surface area contributed by atoms with Crippen molar-refractivity contribution in [1.82, 2.24) is 0 Å². The Labute approximate surface area is 812 Å². The third kappa shape index (κ3) is 42.6. The van der Waals surface area contributed by atoms with Gasteiger partial charge in [0, 0.05) is 86.8 Å². The summed E-state index contributed by atoms with van der Waals surface area (Å²) in [7, 11) is -3.26. The minimum atomic E-state index is -3.26. The summed E-state index contributed by atoms with van der Waals surface area (Å²) in [5.74, 6) is 1.98. The number of ether oxygens (including phenoxy) is 1. The molecule has 0 bridgehead atoms. The van der Waals surface area contributed by atoms with E-state index in [1.165, 1.54) is 85.2 Å². The monoisotopic (exact) mass is 1850 g/mol. The zero-order valence-corrected chi connectivity index (χ0v) is 88.2. The second-order valence-corrected chi connectivity index (χ2v) is 42.2. The third-order valence-electron chi connectivity index (χ3n) is 23.3. The minimum absolute atomic E-state index is 0.0332. The Morgan fingerprint density at radius 3 is 1.37 bits per heavy atom. The highest BCUT2D eigenvalue weighted by Crippen LogP contribution is 2.45. The van der Waals surface area contributed by atoms with E-state index in [0.717, 1.165) is 156 Å². The molecule has 134 heavy (non-hydrogen) atoms. The summed E-state index contributed by atoms with van der Waals surface area (Å²) in [6.45, 7) is 55.9. The average Bonchev–Trinajstić information content (AvgIpc) is 1.61. The lowest BCUT2D eigenvalue weighted by molar-refractivity contribution is -0.125. The Bertz CT molecular complexity index is 5280. The van der Waals surface area contributed by atoms with Crippen LogP contribution >= 0.6 is 11.8 Å². The number of hydrogen-bond donors (Lipinski definition) is 1. The first kappa shape index (κ1) is 116. The molecule has 0 aliphatic heterocycles. The van der Waals surface area contributed by atoms with Crippen LogP contribution in [0, 0.1) is 55.7 Å². The van der Waals surface area contributed by atoms with E-state index >= 15 is 0 Å². The maximum absolute atomic E-state index is 14.0. The van der Waals surface area contributed by atoms with Crippen molar-refractivity contribution in [2.75, 3.05) is 24.3 Å². The zero-order chi connectivity index (χ0) is 100. The molecule has 7 aromatic carbocycles. The number of benzene rings is 7. The van der Waals surface area contributed by atoms with Gasteiger partial charge in [0.2, 0.25) is 0 Å². The predicted molar refractivity (Wildman–Crippen MR) is 572 cm³/mol. The summed E-state index contributed by atoms with van der Waals surface area (Å²) in [5.41, 5.74) is 32.9. The highest BCUT2D eigenvalue weighted by atomic mass is 32.2. The molecular formula is C121H160FNO9S2. The summed E-state index contributed by atoms with van der Waals surface area (Å²) in [6, 6.07) is 43.8. The number of hydrogen-bond acceptors (Lipinski definition) is 11. The van der Waals surface area contributed by atoms with Crippen molar-refractivity contribution in [1.29, 1.82) is 0 Å². The van der Waals surface area contributed by atoms with E-state index < -0.39 is 15.3 Å². The number of thioether (sulfide) groups is 1. The number of carbonyl (C=O) groups is 6. The number of ketones is 6. The maximum atomic E-state index is 14.0. The molecule has 0 saturated heterocycles. The molecule has 13 heteroatoms. The number of sulfone groups is 1. The second-order valence-electron chi connectivity index (χ2n) is 39.2. The number of carbonyl (C=O) groups excluding carboxylic acids is 6. The van der Waals surface area contributed by atoms with E-state index in [2.05, 4.69) is 164 Å². The van der Waals surface area contributed by atoms with Gasteiger partial charge in [-0.2, -0.15) is 0 Å². The first-order chi connectivity index (χ1) is 63.0. The number of nitrogen functional groups attached to an aromatic ring is 1. The fourth-order valence-corrected chi connectivity index (χ4v) is 16.3. The summed E-state index contributed by atoms with van der Waals surface area (Å²) in [6.07, 6.45) is 39.8. The number of aryl methyl sites for hydroxylation is 4. The second kappa shape index (κ2) is 58.7. The van der Waals surface area contributed by atoms with Crippen LogP contribution in [0.4, 0.5) is 10.1 Å². The quantitative estimate of drug-likeness (QED) is 0.0167. The highest BCUT2D eigenvalue weighted by Gasteiger charge is 2.30. The van der Waals surface area contributed by atoms with Crippen molar-refractivity contribution in [3.63, 3.8) is 0 Å². The molecule has 0 heterocycles. The van der Waals surface area contributed by atoms with Gasteiger partial charge in [-0.15, -0.1) is 11.8 Å². The van der Waals surface area contributed by atoms with Crippen molar-refractivity contribution >= 4 is 79.2 Å². The van der Waals surface area contributed by atoms with Crippen LogP contribution in [0.2, 0.25) is 0 Å². The molecule has 10 nitrogen and oxygen atoms in total. The van der Waals surface area contributed by atoms with Crippen molar-refractivity contribution in [3.05, 3.63) is 334 Å². The normalized spacial score (nSPS) is 12.8. The molecule has 1 aliphatic carbocycles. The largest absolute Gasteiger partial charge is 0.489 e. The van der Waals surface area contributed by atoms with Gasteiger partial charge < -0.3 is 10.5 Å². The van der Waals surface area contributed by atoms with Crippen molar-refractivity contribution in [3.8, 4) is 5.75 Å². The molecule has 0 saturated carbocycles. The molecule has 0 spiro atoms. The predicted octanol–water partition coefficient (Wildman–Crippen LogP) is 33.0. The van der Waals surface area contributed by atoms with Crippen LogP contribution in [0.3, 0.4) is 0 Å². The lowest BCUT2D eigenvalue weighted by Gasteiger charge is -2.17. The van der Waals surface area contributed by atoms with Crippen LogP contribution in [0.25, 0.3) is 17.2 Å². The van der Waals surface area contributed by atoms with Crippen LogP contribution in [0.1, 0.15) is 348 Å². The van der Waals surface area contributed by atoms with Gasteiger partial charge in [0.05, 0.1) is 10.5 Å². The zero-order valence-electron chi connectivity index (χ0n) is 86.6. The number of fused-ring (bicyclic) bond motifs is 1. The van der Waals surface area contributed by atoms with E-state index in [1.54, 1.807) is 72.4 Å². The Morgan fingerprint density at radius 1 is 0.440 bits per heavy atom. The van der Waals surface area contributed by atoms with Crippen LogP contribution in [0.5, 0.6) is 5.75 Å². The molecule has 2 N–H and O–H groups in total. The fraction of sp³-hybridized carbons (Fsp3) is 0.421. The van der Waals surface area contributed by atoms with Gasteiger partial charge in [-0.25, -0.2) is 12.8 Å². The molecular weight excluding hydrogens is 1690 g/mol. The lowest BCUT2D eigenvalue weighted by atomic mass is 9.85. The SMILES string of the molecule is CC(C)=CCC/C(C)=C/CC/C(C)=C/CCc1cc(C)ccc1C(=O)C(C)C.CC(C)=CCC/C(C)=C/CC/C(C)=C/COc1cc(C)ccc1C(=O)C(C)C.CC(C)=CCC/C(C)=C/CC/C(C)=C/CSc1cc(C)ccc1C(=O)C(C)C.CC(C)C(=O)Cc1cccc(C(=O)c2ccccc2)c1N.CC1=C(CC(=O)C(C)(C)C)c2cc(F)ccc2/C1=C\c1ccc(S(C)(=O)=O)cc1. The van der Waals surface area contributed by atoms with Gasteiger partial charge in [0.25, 0.3) is 0 Å². The number of allylic oxidation sites excluding steroid dienone is 19. The fourth-order valence-electron chi connectivity index (χ4n) is 14.5. The topological polar surface area (TPSA) is 172 Å². The Hall–Kier alpha value is -10.5. The molecule has 0 fully saturated rings. The number of halogens is 1. The first-order valence-electron chi connectivity index (χ1n) is 48.1. The van der Waals surface area contributed by atoms with Gasteiger partial charge in [0.1, 0.15) is 29.7 Å². The summed E-state index contributed by atoms with van der Waals surface area (Å²) in [4.78, 5) is 75.7. The van der Waals surface area contributed by atoms with E-state index in [0.29, 0.717) is 34.7 Å². The minimum Gasteiger partial charge on any atom is -0.489 e. The van der Waals surface area contributed by atoms with Crippen molar-refractivity contribution < 1.29 is 46.3 Å². The summed E-state index contributed by atoms with van der Waals surface area (Å²) < 4.78 is 43.2.